The molecule has 1 aromatic heterocycles. The van der Waals surface area contributed by atoms with Gasteiger partial charge in [0.15, 0.2) is 5.71 Å². The lowest BCUT2D eigenvalue weighted by Gasteiger charge is -2.32. The van der Waals surface area contributed by atoms with Crippen LogP contribution < -0.4 is 26.2 Å². The minimum atomic E-state index is -4.98. The summed E-state index contributed by atoms with van der Waals surface area (Å²) in [5.74, 6) is -2.03. The number of benzene rings is 2. The first kappa shape index (κ1) is 38.2. The Morgan fingerprint density at radius 3 is 2.30 bits per heavy atom. The molecule has 10 heteroatoms. The Bertz CT molecular complexity index is 2310. The van der Waals surface area contributed by atoms with Gasteiger partial charge in [0.05, 0.1) is 21.9 Å². The Hall–Kier alpha value is -4.57. The highest BCUT2D eigenvalue weighted by atomic mass is 32.1. The molecule has 0 saturated carbocycles. The van der Waals surface area contributed by atoms with Crippen LogP contribution in [0.5, 0.6) is 0 Å². The van der Waals surface area contributed by atoms with Gasteiger partial charge in [-0.2, -0.15) is 17.7 Å². The third-order valence-corrected chi connectivity index (χ3v) is 12.0. The van der Waals surface area contributed by atoms with E-state index >= 15 is 0 Å². The maximum Gasteiger partial charge on any atom is 0.423 e. The fraction of sp³-hybridized carbons (Fsp3) is 0.395. The second kappa shape index (κ2) is 14.3. The molecule has 2 aliphatic heterocycles. The number of carbonyl (C=O) groups is 1. The molecule has 278 valence electrons. The summed E-state index contributed by atoms with van der Waals surface area (Å²) in [6, 6.07) is 17.2. The number of fused-ring (bicyclic) bond motifs is 2. The van der Waals surface area contributed by atoms with Crippen molar-refractivity contribution in [2.24, 2.45) is 0 Å². The first-order valence-corrected chi connectivity index (χ1v) is 19.1. The number of rotatable bonds is 12. The van der Waals surface area contributed by atoms with Crippen molar-refractivity contribution in [1.82, 2.24) is 0 Å². The van der Waals surface area contributed by atoms with Crippen LogP contribution in [0.3, 0.4) is 0 Å². The Morgan fingerprint density at radius 2 is 1.64 bits per heavy atom. The van der Waals surface area contributed by atoms with Crippen LogP contribution in [-0.2, 0) is 15.6 Å². The molecular weight excluding hydrogens is 698 g/mol. The SMILES string of the molecule is CCCCCC[N+]1=C(C=c2c(=O)c(=CC3N(CCC)c4ccccc4C3(C)C)c2=O)C(C)(C)c2cc(-c3ccc(/C=C(/C(=O)O)C(F)(F)F)s3)ccc21. The van der Waals surface area contributed by atoms with Gasteiger partial charge in [-0.05, 0) is 80.3 Å². The molecule has 0 bridgehead atoms. The normalized spacial score (nSPS) is 17.7. The highest BCUT2D eigenvalue weighted by molar-refractivity contribution is 7.16. The van der Waals surface area contributed by atoms with Gasteiger partial charge in [-0.25, -0.2) is 4.79 Å². The fourth-order valence-corrected chi connectivity index (χ4v) is 8.94. The predicted octanol–water partition coefficient (Wildman–Crippen LogP) is 7.84. The molecule has 0 amide bonds. The number of nitrogens with zero attached hydrogens (tertiary/aromatic N) is 2. The molecule has 6 rings (SSSR count). The molecule has 1 unspecified atom stereocenters. The van der Waals surface area contributed by atoms with Crippen LogP contribution >= 0.6 is 11.3 Å². The molecule has 2 aliphatic rings. The average Bonchev–Trinajstić information content (AvgIpc) is 3.72. The minimum absolute atomic E-state index is 0.143. The summed E-state index contributed by atoms with van der Waals surface area (Å²) >= 11 is 1.08. The summed E-state index contributed by atoms with van der Waals surface area (Å²) in [5, 5.41) is 9.54. The topological polar surface area (TPSA) is 77.7 Å². The maximum atomic E-state index is 13.9. The zero-order chi connectivity index (χ0) is 38.5. The first-order chi connectivity index (χ1) is 25.0. The van der Waals surface area contributed by atoms with Gasteiger partial charge in [-0.15, -0.1) is 11.3 Å². The molecule has 0 fully saturated rings. The number of para-hydroxylation sites is 1. The summed E-state index contributed by atoms with van der Waals surface area (Å²) in [7, 11) is 0. The minimum Gasteiger partial charge on any atom is -0.478 e. The van der Waals surface area contributed by atoms with Gasteiger partial charge in [0.2, 0.25) is 16.5 Å². The molecule has 6 nitrogen and oxygen atoms in total. The van der Waals surface area contributed by atoms with Gasteiger partial charge in [-0.3, -0.25) is 9.59 Å². The Balaban J connectivity index is 1.40. The van der Waals surface area contributed by atoms with E-state index in [4.69, 9.17) is 5.11 Å². The monoisotopic (exact) mass is 743 g/mol. The second-order valence-corrected chi connectivity index (χ2v) is 16.3. The zero-order valence-electron chi connectivity index (χ0n) is 31.1. The molecule has 3 heterocycles. The summed E-state index contributed by atoms with van der Waals surface area (Å²) in [6.07, 6.45) is 4.38. The van der Waals surface area contributed by atoms with Crippen LogP contribution in [0, 0.1) is 0 Å². The van der Waals surface area contributed by atoms with E-state index in [1.54, 1.807) is 12.1 Å². The number of carboxylic acids is 1. The molecule has 53 heavy (non-hydrogen) atoms. The number of anilines is 1. The predicted molar refractivity (Wildman–Crippen MR) is 209 cm³/mol. The van der Waals surface area contributed by atoms with E-state index in [0.29, 0.717) is 17.5 Å². The van der Waals surface area contributed by atoms with Crippen LogP contribution in [0.25, 0.3) is 28.7 Å². The number of alkyl halides is 3. The summed E-state index contributed by atoms with van der Waals surface area (Å²) in [6.45, 7) is 14.2. The van der Waals surface area contributed by atoms with Crippen molar-refractivity contribution < 1.29 is 27.6 Å². The third-order valence-electron chi connectivity index (χ3n) is 10.9. The summed E-state index contributed by atoms with van der Waals surface area (Å²) in [5.41, 5.74) is 2.87. The number of carboxylic acid groups (broad SMARTS) is 1. The van der Waals surface area contributed by atoms with Crippen molar-refractivity contribution in [2.45, 2.75) is 96.7 Å². The fourth-order valence-electron chi connectivity index (χ4n) is 8.00. The van der Waals surface area contributed by atoms with Gasteiger partial charge < -0.3 is 10.0 Å². The Kier molecular flexibility index (Phi) is 10.3. The van der Waals surface area contributed by atoms with Crippen molar-refractivity contribution in [3.05, 3.63) is 107 Å². The van der Waals surface area contributed by atoms with Gasteiger partial charge >= 0.3 is 12.1 Å². The molecular formula is C43H46F3N2O4S+. The molecule has 0 spiro atoms. The van der Waals surface area contributed by atoms with Crippen molar-refractivity contribution >= 4 is 52.6 Å². The third kappa shape index (κ3) is 6.86. The van der Waals surface area contributed by atoms with Gasteiger partial charge in [0.1, 0.15) is 12.1 Å². The van der Waals surface area contributed by atoms with E-state index in [1.807, 2.05) is 36.4 Å². The van der Waals surface area contributed by atoms with E-state index in [0.717, 1.165) is 78.2 Å². The van der Waals surface area contributed by atoms with E-state index in [-0.39, 0.29) is 37.6 Å². The smallest absolute Gasteiger partial charge is 0.423 e. The number of unbranched alkanes of at least 4 members (excludes halogenated alkanes) is 3. The average molecular weight is 744 g/mol. The summed E-state index contributed by atoms with van der Waals surface area (Å²) < 4.78 is 42.2. The van der Waals surface area contributed by atoms with E-state index in [2.05, 4.69) is 63.2 Å². The quantitative estimate of drug-likeness (QED) is 0.0910. The van der Waals surface area contributed by atoms with Crippen molar-refractivity contribution in [2.75, 3.05) is 18.0 Å². The lowest BCUT2D eigenvalue weighted by Crippen LogP contribution is -2.66. The number of thiophene rings is 1. The van der Waals surface area contributed by atoms with E-state index < -0.39 is 23.1 Å². The standard InChI is InChI=1S/C43H45F3N2O4S/c1-7-9-10-13-21-48-34-18-16-26(35-19-17-27(53-35)23-32(40(51)52)43(44,45)46)22-31(34)42(5,6)37(48)25-29-38(49)28(39(29)50)24-36-41(3,4)30-14-11-12-15-33(30)47(36)20-8-2/h11-12,14-19,22-25,36H,7-10,13,20-21H2,1-6H3/p+1/b28-24?,29-25?,32-23-. The molecule has 3 aromatic carbocycles. The number of halogens is 3. The maximum absolute atomic E-state index is 13.9. The molecule has 0 saturated heterocycles. The van der Waals surface area contributed by atoms with Crippen molar-refractivity contribution in [1.29, 1.82) is 0 Å². The van der Waals surface area contributed by atoms with E-state index in [1.165, 1.54) is 11.6 Å². The Labute approximate surface area is 311 Å². The van der Waals surface area contributed by atoms with E-state index in [9.17, 15) is 27.6 Å². The van der Waals surface area contributed by atoms with Crippen LogP contribution in [0.1, 0.15) is 89.7 Å². The number of aliphatic carboxylic acids is 1. The second-order valence-electron chi connectivity index (χ2n) is 15.2. The molecule has 0 radical (unpaired) electrons. The zero-order valence-corrected chi connectivity index (χ0v) is 31.9. The molecule has 1 atom stereocenters. The molecule has 4 aromatic rings. The molecule has 1 N–H and O–H groups in total. The number of hydrogen-bond acceptors (Lipinski definition) is 5. The Morgan fingerprint density at radius 1 is 0.925 bits per heavy atom. The van der Waals surface area contributed by atoms with Crippen LogP contribution in [0.15, 0.2) is 69.8 Å². The molecule has 0 aliphatic carbocycles. The van der Waals surface area contributed by atoms with Crippen LogP contribution in [-0.4, -0.2) is 46.7 Å². The van der Waals surface area contributed by atoms with Crippen molar-refractivity contribution in [3.8, 4) is 10.4 Å². The highest BCUT2D eigenvalue weighted by Gasteiger charge is 2.46. The van der Waals surface area contributed by atoms with Crippen LogP contribution in [0.2, 0.25) is 0 Å². The lowest BCUT2D eigenvalue weighted by molar-refractivity contribution is -0.437. The van der Waals surface area contributed by atoms with Crippen molar-refractivity contribution in [3.63, 3.8) is 0 Å². The highest BCUT2D eigenvalue weighted by Crippen LogP contribution is 2.46. The van der Waals surface area contributed by atoms with Crippen LogP contribution in [0.4, 0.5) is 24.5 Å². The lowest BCUT2D eigenvalue weighted by atomic mass is 9.79. The van der Waals surface area contributed by atoms with Gasteiger partial charge in [0.25, 0.3) is 0 Å². The van der Waals surface area contributed by atoms with Gasteiger partial charge in [-0.1, -0.05) is 58.7 Å². The largest absolute Gasteiger partial charge is 0.478 e. The summed E-state index contributed by atoms with van der Waals surface area (Å²) in [4.78, 5) is 42.3. The number of hydrogen-bond donors (Lipinski definition) is 1. The first-order valence-electron chi connectivity index (χ1n) is 18.3. The van der Waals surface area contributed by atoms with Gasteiger partial charge in [0, 0.05) is 51.5 Å².